The minimum Gasteiger partial charge on any atom is -0.454 e. The fraction of sp³-hybridized carbons (Fsp3) is 0.682. The summed E-state index contributed by atoms with van der Waals surface area (Å²) in [6.45, 7) is 9.79. The van der Waals surface area contributed by atoms with Gasteiger partial charge in [0.2, 0.25) is 12.7 Å². The number of amides is 1. The maximum Gasteiger partial charge on any atom is 0.231 e. The number of carbonyl (C=O) groups excluding carboxylic acids is 1. The molecule has 146 valence electrons. The molecule has 0 saturated carbocycles. The highest BCUT2D eigenvalue weighted by atomic mass is 16.7. The van der Waals surface area contributed by atoms with Gasteiger partial charge in [-0.3, -0.25) is 9.69 Å². The van der Waals surface area contributed by atoms with Crippen LogP contribution in [0.5, 0.6) is 11.5 Å². The summed E-state index contributed by atoms with van der Waals surface area (Å²) in [4.78, 5) is 18.4. The average molecular weight is 370 g/mol. The van der Waals surface area contributed by atoms with E-state index in [1.165, 1.54) is 31.5 Å². The zero-order valence-corrected chi connectivity index (χ0v) is 16.6. The van der Waals surface area contributed by atoms with E-state index in [-0.39, 0.29) is 5.41 Å². The van der Waals surface area contributed by atoms with Crippen LogP contribution in [0.1, 0.15) is 51.5 Å². The van der Waals surface area contributed by atoms with E-state index >= 15 is 0 Å². The number of hydrogen-bond donors (Lipinski definition) is 0. The molecule has 0 aliphatic carbocycles. The van der Waals surface area contributed by atoms with Crippen molar-refractivity contribution in [2.45, 2.75) is 58.0 Å². The van der Waals surface area contributed by atoms with Crippen LogP contribution < -0.4 is 9.47 Å². The molecule has 1 aromatic rings. The van der Waals surface area contributed by atoms with Crippen molar-refractivity contribution < 1.29 is 14.3 Å². The van der Waals surface area contributed by atoms with E-state index in [1.54, 1.807) is 0 Å². The van der Waals surface area contributed by atoms with Crippen LogP contribution in [-0.2, 0) is 4.79 Å². The van der Waals surface area contributed by atoms with Crippen LogP contribution in [0.2, 0.25) is 0 Å². The topological polar surface area (TPSA) is 42.0 Å². The van der Waals surface area contributed by atoms with Crippen LogP contribution in [0.3, 0.4) is 0 Å². The third-order valence-electron chi connectivity index (χ3n) is 7.54. The van der Waals surface area contributed by atoms with Gasteiger partial charge in [-0.1, -0.05) is 26.8 Å². The predicted molar refractivity (Wildman–Crippen MR) is 103 cm³/mol. The summed E-state index contributed by atoms with van der Waals surface area (Å²) < 4.78 is 11.1. The van der Waals surface area contributed by atoms with E-state index in [1.807, 2.05) is 6.07 Å². The summed E-state index contributed by atoms with van der Waals surface area (Å²) in [5, 5.41) is 0. The Hall–Kier alpha value is -1.75. The molecule has 0 spiro atoms. The second-order valence-corrected chi connectivity index (χ2v) is 9.27. The number of ether oxygens (including phenoxy) is 2. The maximum absolute atomic E-state index is 13.5. The van der Waals surface area contributed by atoms with Crippen molar-refractivity contribution in [3.63, 3.8) is 0 Å². The maximum atomic E-state index is 13.5. The number of benzene rings is 1. The Morgan fingerprint density at radius 2 is 1.89 bits per heavy atom. The lowest BCUT2D eigenvalue weighted by molar-refractivity contribution is -0.145. The molecule has 5 heteroatoms. The summed E-state index contributed by atoms with van der Waals surface area (Å²) in [6.07, 6.45) is 3.33. The number of carbonyl (C=O) groups is 1. The Kier molecular flexibility index (Phi) is 3.94. The predicted octanol–water partition coefficient (Wildman–Crippen LogP) is 3.24. The van der Waals surface area contributed by atoms with Crippen molar-refractivity contribution in [1.82, 2.24) is 9.80 Å². The second-order valence-electron chi connectivity index (χ2n) is 9.27. The average Bonchev–Trinajstić information content (AvgIpc) is 3.33. The molecule has 6 rings (SSSR count). The molecule has 0 radical (unpaired) electrons. The highest BCUT2D eigenvalue weighted by Gasteiger charge is 2.55. The Bertz CT molecular complexity index is 754. The van der Waals surface area contributed by atoms with Gasteiger partial charge in [-0.2, -0.15) is 0 Å². The van der Waals surface area contributed by atoms with Gasteiger partial charge in [-0.25, -0.2) is 0 Å². The number of piperidine rings is 3. The van der Waals surface area contributed by atoms with Gasteiger partial charge in [-0.05, 0) is 56.0 Å². The van der Waals surface area contributed by atoms with E-state index in [4.69, 9.17) is 9.47 Å². The number of fused-ring (bicyclic) bond motifs is 3. The quantitative estimate of drug-likeness (QED) is 0.819. The fourth-order valence-electron chi connectivity index (χ4n) is 5.63. The molecular weight excluding hydrogens is 340 g/mol. The Balaban J connectivity index is 1.52. The van der Waals surface area contributed by atoms with Crippen LogP contribution in [0.15, 0.2) is 18.2 Å². The van der Waals surface area contributed by atoms with Crippen LogP contribution in [-0.4, -0.2) is 54.2 Å². The first-order valence-electron chi connectivity index (χ1n) is 10.4. The van der Waals surface area contributed by atoms with E-state index in [9.17, 15) is 4.79 Å². The lowest BCUT2D eigenvalue weighted by Crippen LogP contribution is -2.61. The van der Waals surface area contributed by atoms with Crippen molar-refractivity contribution in [3.8, 4) is 11.5 Å². The molecule has 5 heterocycles. The number of hydrogen-bond acceptors (Lipinski definition) is 4. The van der Waals surface area contributed by atoms with Gasteiger partial charge in [0, 0.05) is 23.9 Å². The third-order valence-corrected chi connectivity index (χ3v) is 7.54. The lowest BCUT2D eigenvalue weighted by atomic mass is 9.75. The van der Waals surface area contributed by atoms with Crippen LogP contribution in [0.4, 0.5) is 0 Å². The van der Waals surface area contributed by atoms with Gasteiger partial charge in [0.15, 0.2) is 11.5 Å². The smallest absolute Gasteiger partial charge is 0.231 e. The minimum absolute atomic E-state index is 0.291. The molecule has 1 amide bonds. The summed E-state index contributed by atoms with van der Waals surface area (Å²) in [6, 6.07) is 7.16. The van der Waals surface area contributed by atoms with Gasteiger partial charge in [0.1, 0.15) is 0 Å². The number of nitrogens with zero attached hydrogens (tertiary/aromatic N) is 2. The van der Waals surface area contributed by atoms with Crippen molar-refractivity contribution in [1.29, 1.82) is 0 Å². The van der Waals surface area contributed by atoms with E-state index in [0.717, 1.165) is 24.5 Å². The van der Waals surface area contributed by atoms with Crippen LogP contribution in [0.25, 0.3) is 0 Å². The highest BCUT2D eigenvalue weighted by Crippen LogP contribution is 2.49. The van der Waals surface area contributed by atoms with Crippen LogP contribution >= 0.6 is 0 Å². The molecule has 0 unspecified atom stereocenters. The molecule has 3 atom stereocenters. The molecule has 1 aromatic carbocycles. The summed E-state index contributed by atoms with van der Waals surface area (Å²) in [7, 11) is 0. The van der Waals surface area contributed by atoms with Gasteiger partial charge in [0.25, 0.3) is 0 Å². The molecular formula is C22H30N2O3. The van der Waals surface area contributed by atoms with Crippen molar-refractivity contribution in [2.24, 2.45) is 11.3 Å². The van der Waals surface area contributed by atoms with Crippen molar-refractivity contribution >= 4 is 5.91 Å². The Morgan fingerprint density at radius 3 is 2.63 bits per heavy atom. The molecule has 5 aliphatic heterocycles. The molecule has 0 N–H and O–H groups in total. The Labute approximate surface area is 161 Å². The van der Waals surface area contributed by atoms with Gasteiger partial charge in [0.05, 0.1) is 6.04 Å². The van der Waals surface area contributed by atoms with Gasteiger partial charge < -0.3 is 14.4 Å². The lowest BCUT2D eigenvalue weighted by Gasteiger charge is -2.51. The molecule has 4 fully saturated rings. The monoisotopic (exact) mass is 370 g/mol. The van der Waals surface area contributed by atoms with E-state index in [2.05, 4.69) is 42.7 Å². The first kappa shape index (κ1) is 17.4. The number of rotatable bonds is 3. The molecule has 5 nitrogen and oxygen atoms in total. The van der Waals surface area contributed by atoms with Crippen molar-refractivity contribution in [2.75, 3.05) is 26.4 Å². The standard InChI is InChI=1S/C22H30N2O3/c1-4-22(2,3)21(25)24-12-16(15-5-6-17-18(11-15)27-13-26-17)20-19(24)14-7-9-23(20)10-8-14/h5-6,11,14,16,19-20H,4,7-10,12-13H2,1-3H3/t16-,19+,20+/m1/s1. The minimum atomic E-state index is -0.291. The first-order chi connectivity index (χ1) is 13.0. The highest BCUT2D eigenvalue weighted by molar-refractivity contribution is 5.83. The normalized spacial score (nSPS) is 34.0. The summed E-state index contributed by atoms with van der Waals surface area (Å²) in [5.41, 5.74) is 0.992. The SMILES string of the molecule is CCC(C)(C)C(=O)N1C[C@H](c2ccc3c(c2)OCO3)[C@H]2[C@@H]1C1CCN2CC1. The molecule has 5 aliphatic rings. The summed E-state index contributed by atoms with van der Waals surface area (Å²) in [5.74, 6) is 3.01. The second kappa shape index (κ2) is 6.13. The molecule has 0 aromatic heterocycles. The van der Waals surface area contributed by atoms with E-state index in [0.29, 0.717) is 36.6 Å². The van der Waals surface area contributed by atoms with Gasteiger partial charge in [-0.15, -0.1) is 0 Å². The van der Waals surface area contributed by atoms with Gasteiger partial charge >= 0.3 is 0 Å². The molecule has 4 saturated heterocycles. The van der Waals surface area contributed by atoms with E-state index < -0.39 is 0 Å². The first-order valence-corrected chi connectivity index (χ1v) is 10.4. The fourth-order valence-corrected chi connectivity index (χ4v) is 5.63. The number of likely N-dealkylation sites (tertiary alicyclic amines) is 1. The molecule has 27 heavy (non-hydrogen) atoms. The third kappa shape index (κ3) is 2.58. The summed E-state index contributed by atoms with van der Waals surface area (Å²) >= 11 is 0. The largest absolute Gasteiger partial charge is 0.454 e. The Morgan fingerprint density at radius 1 is 1.15 bits per heavy atom. The molecule has 2 bridgehead atoms. The zero-order chi connectivity index (χ0) is 18.8. The zero-order valence-electron chi connectivity index (χ0n) is 16.6. The van der Waals surface area contributed by atoms with Crippen molar-refractivity contribution in [3.05, 3.63) is 23.8 Å². The van der Waals surface area contributed by atoms with Crippen LogP contribution in [0, 0.1) is 11.3 Å².